The van der Waals surface area contributed by atoms with Crippen molar-refractivity contribution < 1.29 is 9.59 Å². The molecule has 0 aliphatic carbocycles. The summed E-state index contributed by atoms with van der Waals surface area (Å²) in [6, 6.07) is 9.91. The fraction of sp³-hybridized carbons (Fsp3) is 0.579. The van der Waals surface area contributed by atoms with Crippen molar-refractivity contribution in [1.29, 1.82) is 0 Å². The number of likely N-dealkylation sites (N-methyl/N-ethyl adjacent to an activating group) is 1. The SMILES string of the molecule is CCN1C(=O)CCCC12CCCN(C(=O)Cc1ccccc1)C2. The van der Waals surface area contributed by atoms with Crippen molar-refractivity contribution in [2.24, 2.45) is 0 Å². The van der Waals surface area contributed by atoms with Gasteiger partial charge in [0.2, 0.25) is 11.8 Å². The molecule has 4 nitrogen and oxygen atoms in total. The number of benzene rings is 1. The van der Waals surface area contributed by atoms with Crippen molar-refractivity contribution >= 4 is 11.8 Å². The number of nitrogens with zero attached hydrogens (tertiary/aromatic N) is 2. The first-order chi connectivity index (χ1) is 11.1. The summed E-state index contributed by atoms with van der Waals surface area (Å²) < 4.78 is 0. The molecule has 4 heteroatoms. The van der Waals surface area contributed by atoms with Crippen molar-refractivity contribution in [3.05, 3.63) is 35.9 Å². The van der Waals surface area contributed by atoms with Crippen molar-refractivity contribution in [1.82, 2.24) is 9.80 Å². The van der Waals surface area contributed by atoms with E-state index in [0.29, 0.717) is 19.4 Å². The van der Waals surface area contributed by atoms with Gasteiger partial charge >= 0.3 is 0 Å². The second-order valence-electron chi connectivity index (χ2n) is 6.80. The van der Waals surface area contributed by atoms with E-state index in [1.54, 1.807) is 0 Å². The molecule has 2 aliphatic heterocycles. The monoisotopic (exact) mass is 314 g/mol. The molecule has 3 rings (SSSR count). The van der Waals surface area contributed by atoms with Gasteiger partial charge in [-0.3, -0.25) is 9.59 Å². The fourth-order valence-corrected chi connectivity index (χ4v) is 4.25. The highest BCUT2D eigenvalue weighted by atomic mass is 16.2. The van der Waals surface area contributed by atoms with E-state index < -0.39 is 0 Å². The summed E-state index contributed by atoms with van der Waals surface area (Å²) in [5.74, 6) is 0.445. The molecular formula is C19H26N2O2. The Morgan fingerprint density at radius 3 is 2.65 bits per heavy atom. The van der Waals surface area contributed by atoms with Gasteiger partial charge in [0.25, 0.3) is 0 Å². The molecule has 1 unspecified atom stereocenters. The maximum Gasteiger partial charge on any atom is 0.227 e. The molecule has 1 atom stereocenters. The van der Waals surface area contributed by atoms with Crippen molar-refractivity contribution in [2.75, 3.05) is 19.6 Å². The zero-order valence-electron chi connectivity index (χ0n) is 14.0. The smallest absolute Gasteiger partial charge is 0.227 e. The Morgan fingerprint density at radius 1 is 1.17 bits per heavy atom. The molecule has 2 fully saturated rings. The van der Waals surface area contributed by atoms with Crippen LogP contribution in [0.1, 0.15) is 44.6 Å². The lowest BCUT2D eigenvalue weighted by Crippen LogP contribution is -2.63. The number of rotatable bonds is 3. The molecule has 2 heterocycles. The van der Waals surface area contributed by atoms with E-state index >= 15 is 0 Å². The minimum Gasteiger partial charge on any atom is -0.340 e. The minimum atomic E-state index is -0.116. The first-order valence-corrected chi connectivity index (χ1v) is 8.77. The van der Waals surface area contributed by atoms with Crippen molar-refractivity contribution in [3.8, 4) is 0 Å². The lowest BCUT2D eigenvalue weighted by molar-refractivity contribution is -0.150. The lowest BCUT2D eigenvalue weighted by atomic mass is 9.79. The number of likely N-dealkylation sites (tertiary alicyclic amines) is 2. The highest BCUT2D eigenvalue weighted by Crippen LogP contribution is 2.36. The van der Waals surface area contributed by atoms with Gasteiger partial charge in [0.15, 0.2) is 0 Å². The summed E-state index contributed by atoms with van der Waals surface area (Å²) >= 11 is 0. The number of hydrogen-bond acceptors (Lipinski definition) is 2. The molecule has 1 spiro atoms. The van der Waals surface area contributed by atoms with Crippen molar-refractivity contribution in [3.63, 3.8) is 0 Å². The van der Waals surface area contributed by atoms with E-state index in [2.05, 4.69) is 6.92 Å². The van der Waals surface area contributed by atoms with E-state index in [0.717, 1.165) is 44.3 Å². The average molecular weight is 314 g/mol. The van der Waals surface area contributed by atoms with E-state index in [9.17, 15) is 9.59 Å². The quantitative estimate of drug-likeness (QED) is 0.860. The molecule has 0 N–H and O–H groups in total. The van der Waals surface area contributed by atoms with Crippen LogP contribution < -0.4 is 0 Å². The topological polar surface area (TPSA) is 40.6 Å². The van der Waals surface area contributed by atoms with Crippen LogP contribution in [0.2, 0.25) is 0 Å². The summed E-state index contributed by atoms with van der Waals surface area (Å²) in [5, 5.41) is 0. The summed E-state index contributed by atoms with van der Waals surface area (Å²) in [6.07, 6.45) is 5.12. The van der Waals surface area contributed by atoms with Crippen molar-refractivity contribution in [2.45, 2.75) is 51.0 Å². The van der Waals surface area contributed by atoms with Gasteiger partial charge in [0.1, 0.15) is 0 Å². The first kappa shape index (κ1) is 16.0. The molecule has 124 valence electrons. The molecule has 0 saturated carbocycles. The van der Waals surface area contributed by atoms with Crippen LogP contribution in [-0.2, 0) is 16.0 Å². The maximum absolute atomic E-state index is 12.7. The lowest BCUT2D eigenvalue weighted by Gasteiger charge is -2.52. The largest absolute Gasteiger partial charge is 0.340 e. The minimum absolute atomic E-state index is 0.116. The Kier molecular flexibility index (Phi) is 4.69. The van der Waals surface area contributed by atoms with Crippen LogP contribution in [0.3, 0.4) is 0 Å². The van der Waals surface area contributed by atoms with Crippen LogP contribution >= 0.6 is 0 Å². The fourth-order valence-electron chi connectivity index (χ4n) is 4.25. The van der Waals surface area contributed by atoms with E-state index in [4.69, 9.17) is 0 Å². The summed E-state index contributed by atoms with van der Waals surface area (Å²) in [4.78, 5) is 29.0. The standard InChI is InChI=1S/C19H26N2O2/c1-2-21-17(22)10-6-11-19(21)12-7-13-20(15-19)18(23)14-16-8-4-3-5-9-16/h3-5,8-9H,2,6-7,10-15H2,1H3. The maximum atomic E-state index is 12.7. The van der Waals surface area contributed by atoms with Crippen LogP contribution in [0.5, 0.6) is 0 Å². The van der Waals surface area contributed by atoms with Gasteiger partial charge < -0.3 is 9.80 Å². The molecule has 1 aromatic rings. The highest BCUT2D eigenvalue weighted by Gasteiger charge is 2.45. The Hall–Kier alpha value is -1.84. The molecular weight excluding hydrogens is 288 g/mol. The van der Waals surface area contributed by atoms with Crippen LogP contribution in [0, 0.1) is 0 Å². The Morgan fingerprint density at radius 2 is 1.91 bits per heavy atom. The second kappa shape index (κ2) is 6.73. The zero-order valence-corrected chi connectivity index (χ0v) is 14.0. The Labute approximate surface area is 138 Å². The number of piperidine rings is 2. The van der Waals surface area contributed by atoms with Crippen LogP contribution in [0.4, 0.5) is 0 Å². The van der Waals surface area contributed by atoms with Gasteiger partial charge in [-0.25, -0.2) is 0 Å². The van der Waals surface area contributed by atoms with Gasteiger partial charge in [-0.1, -0.05) is 30.3 Å². The summed E-state index contributed by atoms with van der Waals surface area (Å²) in [6.45, 7) is 4.33. The third-order valence-electron chi connectivity index (χ3n) is 5.33. The molecule has 0 bridgehead atoms. The molecule has 23 heavy (non-hydrogen) atoms. The number of amides is 2. The molecule has 1 aromatic carbocycles. The predicted octanol–water partition coefficient (Wildman–Crippen LogP) is 2.62. The average Bonchev–Trinajstić information content (AvgIpc) is 2.56. The van der Waals surface area contributed by atoms with Gasteiger partial charge in [0.05, 0.1) is 12.0 Å². The van der Waals surface area contributed by atoms with Gasteiger partial charge in [-0.2, -0.15) is 0 Å². The predicted molar refractivity (Wildman–Crippen MR) is 89.9 cm³/mol. The molecule has 2 amide bonds. The van der Waals surface area contributed by atoms with Gasteiger partial charge in [0, 0.05) is 26.1 Å². The summed E-state index contributed by atoms with van der Waals surface area (Å²) in [5.41, 5.74) is 0.943. The van der Waals surface area contributed by atoms with Gasteiger partial charge in [-0.05, 0) is 38.2 Å². The molecule has 0 radical (unpaired) electrons. The molecule has 2 saturated heterocycles. The first-order valence-electron chi connectivity index (χ1n) is 8.77. The molecule has 2 aliphatic rings. The normalized spacial score (nSPS) is 25.0. The van der Waals surface area contributed by atoms with E-state index in [-0.39, 0.29) is 17.4 Å². The number of hydrogen-bond donors (Lipinski definition) is 0. The Balaban J connectivity index is 1.72. The van der Waals surface area contributed by atoms with Crippen LogP contribution in [-0.4, -0.2) is 46.8 Å². The number of carbonyl (C=O) groups excluding carboxylic acids is 2. The van der Waals surface area contributed by atoms with Crippen LogP contribution in [0.25, 0.3) is 0 Å². The third kappa shape index (κ3) is 3.26. The zero-order chi connectivity index (χ0) is 16.3. The Bertz CT molecular complexity index is 568. The third-order valence-corrected chi connectivity index (χ3v) is 5.33. The second-order valence-corrected chi connectivity index (χ2v) is 6.80. The molecule has 0 aromatic heterocycles. The van der Waals surface area contributed by atoms with Crippen LogP contribution in [0.15, 0.2) is 30.3 Å². The van der Waals surface area contributed by atoms with Gasteiger partial charge in [-0.15, -0.1) is 0 Å². The van der Waals surface area contributed by atoms with E-state index in [1.165, 1.54) is 0 Å². The number of carbonyl (C=O) groups is 2. The van der Waals surface area contributed by atoms with E-state index in [1.807, 2.05) is 40.1 Å². The highest BCUT2D eigenvalue weighted by molar-refractivity contribution is 5.80. The summed E-state index contributed by atoms with van der Waals surface area (Å²) in [7, 11) is 0.